The van der Waals surface area contributed by atoms with Gasteiger partial charge in [0, 0.05) is 23.6 Å². The molecule has 1 rings (SSSR count). The van der Waals surface area contributed by atoms with E-state index < -0.39 is 4.92 Å². The Morgan fingerprint density at radius 1 is 1.53 bits per heavy atom. The Balaban J connectivity index is 2.83. The molecule has 2 N–H and O–H groups in total. The summed E-state index contributed by atoms with van der Waals surface area (Å²) in [6.45, 7) is -0.0874. The topological polar surface area (TPSA) is 92.5 Å². The molecule has 0 fully saturated rings. The van der Waals surface area contributed by atoms with Gasteiger partial charge < -0.3 is 10.4 Å². The number of rotatable bonds is 5. The van der Waals surface area contributed by atoms with Crippen LogP contribution in [0.5, 0.6) is 0 Å². The minimum Gasteiger partial charge on any atom is -0.396 e. The molecule has 0 unspecified atom stereocenters. The van der Waals surface area contributed by atoms with Gasteiger partial charge in [-0.1, -0.05) is 15.9 Å². The number of carbonyl (C=O) groups excluding carboxylic acids is 1. The quantitative estimate of drug-likeness (QED) is 0.643. The van der Waals surface area contributed by atoms with E-state index in [9.17, 15) is 14.9 Å². The number of nitro groups is 1. The smallest absolute Gasteiger partial charge is 0.293 e. The van der Waals surface area contributed by atoms with Crippen LogP contribution < -0.4 is 5.32 Å². The van der Waals surface area contributed by atoms with Crippen LogP contribution in [0.2, 0.25) is 0 Å². The Morgan fingerprint density at radius 3 is 2.82 bits per heavy atom. The van der Waals surface area contributed by atoms with E-state index in [1.165, 1.54) is 12.1 Å². The second-order valence-electron chi connectivity index (χ2n) is 3.29. The van der Waals surface area contributed by atoms with Crippen molar-refractivity contribution in [2.75, 3.05) is 11.9 Å². The number of nitrogens with one attached hydrogen (secondary N) is 1. The third-order valence-corrected chi connectivity index (χ3v) is 2.49. The largest absolute Gasteiger partial charge is 0.396 e. The second kappa shape index (κ2) is 6.31. The maximum Gasteiger partial charge on any atom is 0.293 e. The number of aliphatic hydroxyl groups excluding tert-OH is 1. The molecular weight excluding hydrogens is 292 g/mol. The van der Waals surface area contributed by atoms with E-state index in [1.807, 2.05) is 0 Å². The summed E-state index contributed by atoms with van der Waals surface area (Å²) in [5.74, 6) is -0.357. The highest BCUT2D eigenvalue weighted by Gasteiger charge is 2.15. The van der Waals surface area contributed by atoms with Gasteiger partial charge in [0.05, 0.1) is 4.92 Å². The van der Waals surface area contributed by atoms with Gasteiger partial charge in [0.25, 0.3) is 5.69 Å². The fourth-order valence-corrected chi connectivity index (χ4v) is 1.56. The van der Waals surface area contributed by atoms with Crippen molar-refractivity contribution in [3.63, 3.8) is 0 Å². The lowest BCUT2D eigenvalue weighted by Crippen LogP contribution is -2.13. The first-order chi connectivity index (χ1) is 8.04. The Morgan fingerprint density at radius 2 is 2.24 bits per heavy atom. The zero-order valence-electron chi connectivity index (χ0n) is 8.85. The lowest BCUT2D eigenvalue weighted by molar-refractivity contribution is -0.384. The van der Waals surface area contributed by atoms with Crippen LogP contribution in [-0.4, -0.2) is 22.5 Å². The van der Waals surface area contributed by atoms with E-state index in [0.29, 0.717) is 10.9 Å². The first-order valence-corrected chi connectivity index (χ1v) is 5.68. The average Bonchev–Trinajstić information content (AvgIpc) is 2.28. The van der Waals surface area contributed by atoms with Gasteiger partial charge in [0.15, 0.2) is 0 Å². The maximum atomic E-state index is 11.4. The Bertz CT molecular complexity index is 436. The van der Waals surface area contributed by atoms with Crippen molar-refractivity contribution < 1.29 is 14.8 Å². The molecule has 0 saturated carbocycles. The van der Waals surface area contributed by atoms with Crippen LogP contribution in [0.1, 0.15) is 12.8 Å². The van der Waals surface area contributed by atoms with Crippen LogP contribution in [0.4, 0.5) is 11.4 Å². The SMILES string of the molecule is O=C(CCCO)Nc1ccc(Br)cc1[N+](=O)[O-]. The molecule has 0 heterocycles. The zero-order valence-corrected chi connectivity index (χ0v) is 10.4. The minimum atomic E-state index is -0.563. The summed E-state index contributed by atoms with van der Waals surface area (Å²) in [5, 5.41) is 21.8. The average molecular weight is 303 g/mol. The molecule has 6 nitrogen and oxygen atoms in total. The molecule has 0 radical (unpaired) electrons. The van der Waals surface area contributed by atoms with Crippen molar-refractivity contribution >= 4 is 33.2 Å². The lowest BCUT2D eigenvalue weighted by Gasteiger charge is -2.05. The highest BCUT2D eigenvalue weighted by molar-refractivity contribution is 9.10. The van der Waals surface area contributed by atoms with Gasteiger partial charge >= 0.3 is 0 Å². The summed E-state index contributed by atoms with van der Waals surface area (Å²) < 4.78 is 0.567. The van der Waals surface area contributed by atoms with Crippen LogP contribution in [0.25, 0.3) is 0 Å². The van der Waals surface area contributed by atoms with Crippen molar-refractivity contribution in [2.45, 2.75) is 12.8 Å². The lowest BCUT2D eigenvalue weighted by atomic mass is 10.2. The molecule has 1 amide bonds. The number of nitro benzene ring substituents is 1. The van der Waals surface area contributed by atoms with Gasteiger partial charge in [-0.05, 0) is 18.6 Å². The Kier molecular flexibility index (Phi) is 5.05. The Labute approximate surface area is 106 Å². The van der Waals surface area contributed by atoms with Crippen molar-refractivity contribution in [2.24, 2.45) is 0 Å². The summed E-state index contributed by atoms with van der Waals surface area (Å²) in [6, 6.07) is 4.38. The van der Waals surface area contributed by atoms with Crippen molar-refractivity contribution in [3.05, 3.63) is 32.8 Å². The molecule has 0 spiro atoms. The fraction of sp³-hybridized carbons (Fsp3) is 0.300. The zero-order chi connectivity index (χ0) is 12.8. The van der Waals surface area contributed by atoms with Crippen LogP contribution >= 0.6 is 15.9 Å². The molecule has 0 aromatic heterocycles. The van der Waals surface area contributed by atoms with Crippen molar-refractivity contribution in [1.82, 2.24) is 0 Å². The molecule has 1 aromatic carbocycles. The first-order valence-electron chi connectivity index (χ1n) is 4.89. The molecule has 0 aliphatic rings. The second-order valence-corrected chi connectivity index (χ2v) is 4.21. The first kappa shape index (κ1) is 13.6. The molecule has 0 aliphatic carbocycles. The standard InChI is InChI=1S/C10H11BrN2O4/c11-7-3-4-8(9(6-7)13(16)17)12-10(15)2-1-5-14/h3-4,6,14H,1-2,5H2,(H,12,15). The number of nitrogens with zero attached hydrogens (tertiary/aromatic N) is 1. The van der Waals surface area contributed by atoms with Gasteiger partial charge in [-0.25, -0.2) is 0 Å². The predicted octanol–water partition coefficient (Wildman–Crippen LogP) is 2.07. The van der Waals surface area contributed by atoms with Crippen molar-refractivity contribution in [1.29, 1.82) is 0 Å². The number of carbonyl (C=O) groups is 1. The number of amides is 1. The van der Waals surface area contributed by atoms with E-state index in [4.69, 9.17) is 5.11 Å². The van der Waals surface area contributed by atoms with E-state index >= 15 is 0 Å². The van der Waals surface area contributed by atoms with Gasteiger partial charge in [-0.3, -0.25) is 14.9 Å². The third-order valence-electron chi connectivity index (χ3n) is 1.99. The van der Waals surface area contributed by atoms with Gasteiger partial charge in [0.1, 0.15) is 5.69 Å². The van der Waals surface area contributed by atoms with E-state index in [0.717, 1.165) is 0 Å². The van der Waals surface area contributed by atoms with Gasteiger partial charge in [0.2, 0.25) is 5.91 Å². The van der Waals surface area contributed by atoms with E-state index in [2.05, 4.69) is 21.2 Å². The van der Waals surface area contributed by atoms with Gasteiger partial charge in [-0.2, -0.15) is 0 Å². The summed E-state index contributed by atoms with van der Waals surface area (Å²) in [4.78, 5) is 21.6. The summed E-state index contributed by atoms with van der Waals surface area (Å²) in [5.41, 5.74) is -0.0159. The molecule has 92 valence electrons. The normalized spacial score (nSPS) is 10.0. The number of hydrogen-bond donors (Lipinski definition) is 2. The van der Waals surface area contributed by atoms with Crippen LogP contribution in [-0.2, 0) is 4.79 Å². The van der Waals surface area contributed by atoms with E-state index in [-0.39, 0.29) is 30.3 Å². The number of halogens is 1. The van der Waals surface area contributed by atoms with Gasteiger partial charge in [-0.15, -0.1) is 0 Å². The minimum absolute atomic E-state index is 0.0874. The Hall–Kier alpha value is -1.47. The highest BCUT2D eigenvalue weighted by atomic mass is 79.9. The molecule has 0 bridgehead atoms. The molecule has 0 saturated heterocycles. The maximum absolute atomic E-state index is 11.4. The monoisotopic (exact) mass is 302 g/mol. The summed E-state index contributed by atoms with van der Waals surface area (Å²) >= 11 is 3.12. The third kappa shape index (κ3) is 4.12. The molecule has 7 heteroatoms. The van der Waals surface area contributed by atoms with E-state index in [1.54, 1.807) is 6.07 Å². The van der Waals surface area contributed by atoms with Crippen molar-refractivity contribution in [3.8, 4) is 0 Å². The summed E-state index contributed by atoms with van der Waals surface area (Å²) in [7, 11) is 0. The fourth-order valence-electron chi connectivity index (χ4n) is 1.21. The molecule has 0 atom stereocenters. The summed E-state index contributed by atoms with van der Waals surface area (Å²) in [6.07, 6.45) is 0.458. The van der Waals surface area contributed by atoms with Crippen LogP contribution in [0.15, 0.2) is 22.7 Å². The van der Waals surface area contributed by atoms with Crippen LogP contribution in [0.3, 0.4) is 0 Å². The number of aliphatic hydroxyl groups is 1. The highest BCUT2D eigenvalue weighted by Crippen LogP contribution is 2.28. The number of anilines is 1. The molecular formula is C10H11BrN2O4. The predicted molar refractivity (Wildman–Crippen MR) is 65.7 cm³/mol. The molecule has 0 aliphatic heterocycles. The number of hydrogen-bond acceptors (Lipinski definition) is 4. The molecule has 17 heavy (non-hydrogen) atoms. The number of benzene rings is 1. The van der Waals surface area contributed by atoms with Crippen LogP contribution in [0, 0.1) is 10.1 Å². The molecule has 1 aromatic rings.